The lowest BCUT2D eigenvalue weighted by molar-refractivity contribution is 0.148. The number of nitrogens with zero attached hydrogens (tertiary/aromatic N) is 2. The Kier molecular flexibility index (Phi) is 5.96. The maximum absolute atomic E-state index is 12.9. The topological polar surface area (TPSA) is 49.9 Å². The molecule has 0 aromatic heterocycles. The van der Waals surface area contributed by atoms with E-state index in [0.29, 0.717) is 19.5 Å². The van der Waals surface area contributed by atoms with Gasteiger partial charge in [0.05, 0.1) is 12.9 Å². The highest BCUT2D eigenvalue weighted by Gasteiger charge is 2.32. The molecule has 6 heteroatoms. The average Bonchev–Trinajstić information content (AvgIpc) is 2.67. The fraction of sp³-hybridized carbons (Fsp3) is 0.400. The number of methoxy groups -OCH3 is 1. The van der Waals surface area contributed by atoms with Gasteiger partial charge in [0.1, 0.15) is 5.75 Å². The minimum absolute atomic E-state index is 0.0940. The summed E-state index contributed by atoms with van der Waals surface area (Å²) in [5.74, 6) is 0.870. The van der Waals surface area contributed by atoms with Gasteiger partial charge < -0.3 is 4.74 Å². The summed E-state index contributed by atoms with van der Waals surface area (Å²) < 4.78 is 32.6. The third kappa shape index (κ3) is 4.44. The van der Waals surface area contributed by atoms with E-state index in [1.165, 1.54) is 0 Å². The molecule has 0 spiro atoms. The quantitative estimate of drug-likeness (QED) is 0.780. The van der Waals surface area contributed by atoms with Gasteiger partial charge in [-0.15, -0.1) is 0 Å². The van der Waals surface area contributed by atoms with Crippen LogP contribution in [0.2, 0.25) is 0 Å². The summed E-state index contributed by atoms with van der Waals surface area (Å²) in [6.07, 6.45) is 0.488. The zero-order valence-electron chi connectivity index (χ0n) is 15.3. The van der Waals surface area contributed by atoms with Crippen LogP contribution in [0, 0.1) is 0 Å². The van der Waals surface area contributed by atoms with Crippen LogP contribution in [0.15, 0.2) is 54.6 Å². The molecule has 0 bridgehead atoms. The molecule has 0 radical (unpaired) electrons. The first-order valence-corrected chi connectivity index (χ1v) is 10.5. The maximum atomic E-state index is 12.9. The Morgan fingerprint density at radius 2 is 1.85 bits per heavy atom. The van der Waals surface area contributed by atoms with Crippen LogP contribution in [0.3, 0.4) is 0 Å². The second kappa shape index (κ2) is 8.20. The first-order valence-electron chi connectivity index (χ1n) is 8.85. The van der Waals surface area contributed by atoms with Crippen molar-refractivity contribution in [2.75, 3.05) is 39.5 Å². The van der Waals surface area contributed by atoms with Crippen LogP contribution in [-0.2, 0) is 16.4 Å². The molecule has 0 N–H and O–H groups in total. The number of aryl methyl sites for hydroxylation is 1. The van der Waals surface area contributed by atoms with Gasteiger partial charge in [-0.3, -0.25) is 4.90 Å². The third-order valence-electron chi connectivity index (χ3n) is 4.97. The van der Waals surface area contributed by atoms with Gasteiger partial charge in [-0.05, 0) is 36.7 Å². The Morgan fingerprint density at radius 3 is 2.58 bits per heavy atom. The van der Waals surface area contributed by atoms with Crippen molar-refractivity contribution >= 4 is 10.0 Å². The summed E-state index contributed by atoms with van der Waals surface area (Å²) in [6.45, 7) is 1.78. The number of rotatable bonds is 6. The molecule has 140 valence electrons. The van der Waals surface area contributed by atoms with E-state index >= 15 is 0 Å². The standard InChI is InChI=1S/C20H26N2O3S/c1-21-12-13-22(16-20(21)18-8-4-3-5-9-18)26(23,24)14-11-17-7-6-10-19(15-17)25-2/h3-10,15,20H,11-14,16H2,1-2H3. The SMILES string of the molecule is COc1cccc(CCS(=O)(=O)N2CCN(C)C(c3ccccc3)C2)c1. The first-order chi connectivity index (χ1) is 12.5. The summed E-state index contributed by atoms with van der Waals surface area (Å²) in [5.41, 5.74) is 2.13. The van der Waals surface area contributed by atoms with E-state index in [9.17, 15) is 8.42 Å². The highest BCUT2D eigenvalue weighted by atomic mass is 32.2. The van der Waals surface area contributed by atoms with Gasteiger partial charge in [0.25, 0.3) is 0 Å². The summed E-state index contributed by atoms with van der Waals surface area (Å²) in [6, 6.07) is 17.8. The molecule has 1 saturated heterocycles. The lowest BCUT2D eigenvalue weighted by Crippen LogP contribution is -2.49. The number of sulfonamides is 1. The van der Waals surface area contributed by atoms with Gasteiger partial charge in [0.2, 0.25) is 10.0 Å². The van der Waals surface area contributed by atoms with Crippen LogP contribution >= 0.6 is 0 Å². The predicted molar refractivity (Wildman–Crippen MR) is 104 cm³/mol. The van der Waals surface area contributed by atoms with Crippen molar-refractivity contribution in [3.05, 3.63) is 65.7 Å². The fourth-order valence-electron chi connectivity index (χ4n) is 3.34. The van der Waals surface area contributed by atoms with Crippen molar-refractivity contribution < 1.29 is 13.2 Å². The normalized spacial score (nSPS) is 19.4. The van der Waals surface area contributed by atoms with Crippen molar-refractivity contribution in [3.8, 4) is 5.75 Å². The van der Waals surface area contributed by atoms with Crippen LogP contribution in [0.25, 0.3) is 0 Å². The van der Waals surface area contributed by atoms with E-state index in [-0.39, 0.29) is 11.8 Å². The molecule has 0 amide bonds. The van der Waals surface area contributed by atoms with Gasteiger partial charge in [0.15, 0.2) is 0 Å². The summed E-state index contributed by atoms with van der Waals surface area (Å²) >= 11 is 0. The van der Waals surface area contributed by atoms with Crippen LogP contribution in [0.1, 0.15) is 17.2 Å². The molecule has 1 fully saturated rings. The lowest BCUT2D eigenvalue weighted by Gasteiger charge is -2.39. The first kappa shape index (κ1) is 18.9. The monoisotopic (exact) mass is 374 g/mol. The number of piperazine rings is 1. The van der Waals surface area contributed by atoms with E-state index in [1.54, 1.807) is 11.4 Å². The van der Waals surface area contributed by atoms with E-state index in [0.717, 1.165) is 23.4 Å². The van der Waals surface area contributed by atoms with E-state index < -0.39 is 10.0 Å². The van der Waals surface area contributed by atoms with E-state index in [2.05, 4.69) is 24.1 Å². The summed E-state index contributed by atoms with van der Waals surface area (Å²) in [5, 5.41) is 0. The van der Waals surface area contributed by atoms with Gasteiger partial charge in [-0.1, -0.05) is 42.5 Å². The number of benzene rings is 2. The van der Waals surface area contributed by atoms with Crippen LogP contribution < -0.4 is 4.74 Å². The molecule has 1 aliphatic rings. The minimum Gasteiger partial charge on any atom is -0.497 e. The predicted octanol–water partition coefficient (Wildman–Crippen LogP) is 2.56. The second-order valence-corrected chi connectivity index (χ2v) is 8.77. The molecule has 26 heavy (non-hydrogen) atoms. The number of ether oxygens (including phenoxy) is 1. The zero-order valence-corrected chi connectivity index (χ0v) is 16.2. The summed E-state index contributed by atoms with van der Waals surface area (Å²) in [7, 11) is 0.369. The molecule has 0 saturated carbocycles. The van der Waals surface area contributed by atoms with Crippen LogP contribution in [0.5, 0.6) is 5.75 Å². The Hall–Kier alpha value is -1.89. The second-order valence-electron chi connectivity index (χ2n) is 6.68. The minimum atomic E-state index is -3.30. The van der Waals surface area contributed by atoms with Gasteiger partial charge >= 0.3 is 0 Å². The smallest absolute Gasteiger partial charge is 0.214 e. The lowest BCUT2D eigenvalue weighted by atomic mass is 10.0. The number of hydrogen-bond acceptors (Lipinski definition) is 4. The van der Waals surface area contributed by atoms with Crippen LogP contribution in [0.4, 0.5) is 0 Å². The molecule has 1 heterocycles. The zero-order chi connectivity index (χ0) is 18.6. The van der Waals surface area contributed by atoms with E-state index in [4.69, 9.17) is 4.74 Å². The molecule has 1 atom stereocenters. The van der Waals surface area contributed by atoms with Crippen molar-refractivity contribution in [2.45, 2.75) is 12.5 Å². The van der Waals surface area contributed by atoms with Crippen molar-refractivity contribution in [1.82, 2.24) is 9.21 Å². The van der Waals surface area contributed by atoms with Crippen molar-refractivity contribution in [1.29, 1.82) is 0 Å². The Balaban J connectivity index is 1.68. The molecule has 2 aromatic carbocycles. The highest BCUT2D eigenvalue weighted by Crippen LogP contribution is 2.25. The molecule has 1 unspecified atom stereocenters. The number of hydrogen-bond donors (Lipinski definition) is 0. The summed E-state index contributed by atoms with van der Waals surface area (Å²) in [4.78, 5) is 2.23. The molecule has 1 aliphatic heterocycles. The third-order valence-corrected chi connectivity index (χ3v) is 6.81. The Morgan fingerprint density at radius 1 is 1.08 bits per heavy atom. The molecular formula is C20H26N2O3S. The van der Waals surface area contributed by atoms with Gasteiger partial charge in [0, 0.05) is 25.7 Å². The molecular weight excluding hydrogens is 348 g/mol. The largest absolute Gasteiger partial charge is 0.497 e. The molecule has 5 nitrogen and oxygen atoms in total. The van der Waals surface area contributed by atoms with Crippen LogP contribution in [-0.4, -0.2) is 57.2 Å². The fourth-order valence-corrected chi connectivity index (χ4v) is 4.82. The number of likely N-dealkylation sites (N-methyl/N-ethyl adjacent to an activating group) is 1. The van der Waals surface area contributed by atoms with Crippen molar-refractivity contribution in [2.24, 2.45) is 0 Å². The van der Waals surface area contributed by atoms with Crippen molar-refractivity contribution in [3.63, 3.8) is 0 Å². The average molecular weight is 375 g/mol. The highest BCUT2D eigenvalue weighted by molar-refractivity contribution is 7.89. The Bertz CT molecular complexity index is 824. The van der Waals surface area contributed by atoms with E-state index in [1.807, 2.05) is 42.5 Å². The maximum Gasteiger partial charge on any atom is 0.214 e. The molecule has 3 rings (SSSR count). The van der Waals surface area contributed by atoms with Gasteiger partial charge in [-0.25, -0.2) is 8.42 Å². The molecule has 2 aromatic rings. The van der Waals surface area contributed by atoms with Gasteiger partial charge in [-0.2, -0.15) is 4.31 Å². The Labute approximate surface area is 156 Å². The molecule has 0 aliphatic carbocycles.